The monoisotopic (exact) mass is 305 g/mol. The van der Waals surface area contributed by atoms with Crippen LogP contribution >= 0.6 is 0 Å². The molecule has 6 heteroatoms. The molecule has 0 aromatic carbocycles. The predicted octanol–water partition coefficient (Wildman–Crippen LogP) is 2.45. The van der Waals surface area contributed by atoms with Crippen molar-refractivity contribution in [3.05, 3.63) is 0 Å². The number of terminal acetylenes is 1. The zero-order valence-electron chi connectivity index (χ0n) is 12.8. The highest BCUT2D eigenvalue weighted by molar-refractivity contribution is 5.76. The third-order valence-corrected chi connectivity index (χ3v) is 4.43. The van der Waals surface area contributed by atoms with Crippen LogP contribution in [-0.4, -0.2) is 40.6 Å². The lowest BCUT2D eigenvalue weighted by atomic mass is 9.93. The van der Waals surface area contributed by atoms with Crippen molar-refractivity contribution >= 4 is 11.9 Å². The third kappa shape index (κ3) is 4.83. The van der Waals surface area contributed by atoms with E-state index in [1.165, 1.54) is 0 Å². The third-order valence-electron chi connectivity index (χ3n) is 4.43. The second-order valence-corrected chi connectivity index (χ2v) is 6.17. The van der Waals surface area contributed by atoms with Gasteiger partial charge in [0.05, 0.1) is 0 Å². The quantitative estimate of drug-likeness (QED) is 0.699. The van der Waals surface area contributed by atoms with Gasteiger partial charge in [0.15, 0.2) is 5.66 Å². The molecule has 6 nitrogen and oxygen atoms in total. The maximum Gasteiger partial charge on any atom is 0.303 e. The number of aliphatic carboxylic acids is 1. The molecule has 2 rings (SSSR count). The largest absolute Gasteiger partial charge is 0.481 e. The zero-order valence-corrected chi connectivity index (χ0v) is 12.8. The lowest BCUT2D eigenvalue weighted by Crippen LogP contribution is -2.40. The molecule has 0 aromatic rings. The SMILES string of the molecule is C#CCCC1(CCC(=O)N2CCCC(CCC(=O)O)C2)N=N1. The van der Waals surface area contributed by atoms with Crippen molar-refractivity contribution in [1.82, 2.24) is 4.90 Å². The Morgan fingerprint density at radius 3 is 2.73 bits per heavy atom. The van der Waals surface area contributed by atoms with Gasteiger partial charge in [0.1, 0.15) is 0 Å². The van der Waals surface area contributed by atoms with E-state index >= 15 is 0 Å². The molecule has 0 radical (unpaired) electrons. The lowest BCUT2D eigenvalue weighted by molar-refractivity contribution is -0.137. The normalized spacial score (nSPS) is 22.1. The molecule has 22 heavy (non-hydrogen) atoms. The Labute approximate surface area is 131 Å². The summed E-state index contributed by atoms with van der Waals surface area (Å²) in [5.41, 5.74) is -0.402. The molecule has 0 bridgehead atoms. The number of nitrogens with zero attached hydrogens (tertiary/aromatic N) is 3. The summed E-state index contributed by atoms with van der Waals surface area (Å²) in [6.07, 6.45) is 10.4. The minimum absolute atomic E-state index is 0.123. The standard InChI is InChI=1S/C16H23N3O3/c1-2-3-9-16(17-18-16)10-8-14(20)19-11-4-5-13(12-19)6-7-15(21)22/h1,13H,3-12H2,(H,21,22). The topological polar surface area (TPSA) is 82.3 Å². The van der Waals surface area contributed by atoms with E-state index in [1.807, 2.05) is 4.90 Å². The Bertz CT molecular complexity index is 489. The van der Waals surface area contributed by atoms with Gasteiger partial charge >= 0.3 is 5.97 Å². The summed E-state index contributed by atoms with van der Waals surface area (Å²) in [5, 5.41) is 16.8. The Morgan fingerprint density at radius 2 is 2.09 bits per heavy atom. The van der Waals surface area contributed by atoms with Gasteiger partial charge in [-0.2, -0.15) is 10.2 Å². The van der Waals surface area contributed by atoms with Gasteiger partial charge in [-0.15, -0.1) is 12.3 Å². The van der Waals surface area contributed by atoms with Gasteiger partial charge in [-0.25, -0.2) is 0 Å². The Hall–Kier alpha value is -1.90. The summed E-state index contributed by atoms with van der Waals surface area (Å²) in [6, 6.07) is 0. The number of rotatable bonds is 8. The molecule has 2 aliphatic heterocycles. The number of carboxylic acid groups (broad SMARTS) is 1. The van der Waals surface area contributed by atoms with Crippen LogP contribution in [0, 0.1) is 18.3 Å². The molecule has 0 spiro atoms. The second kappa shape index (κ2) is 7.39. The minimum Gasteiger partial charge on any atom is -0.481 e. The first-order valence-electron chi connectivity index (χ1n) is 7.92. The highest BCUT2D eigenvalue weighted by Crippen LogP contribution is 2.37. The van der Waals surface area contributed by atoms with Crippen molar-refractivity contribution in [2.45, 2.75) is 57.0 Å². The number of hydrogen-bond donors (Lipinski definition) is 1. The van der Waals surface area contributed by atoms with Gasteiger partial charge in [0, 0.05) is 45.2 Å². The predicted molar refractivity (Wildman–Crippen MR) is 81.1 cm³/mol. The smallest absolute Gasteiger partial charge is 0.303 e. The molecule has 2 heterocycles. The van der Waals surface area contributed by atoms with Crippen molar-refractivity contribution in [3.8, 4) is 12.3 Å². The number of carbonyl (C=O) groups excluding carboxylic acids is 1. The van der Waals surface area contributed by atoms with Crippen molar-refractivity contribution < 1.29 is 14.7 Å². The van der Waals surface area contributed by atoms with Crippen LogP contribution in [-0.2, 0) is 9.59 Å². The number of amides is 1. The highest BCUT2D eigenvalue weighted by Gasteiger charge is 2.39. The van der Waals surface area contributed by atoms with E-state index in [-0.39, 0.29) is 12.3 Å². The summed E-state index contributed by atoms with van der Waals surface area (Å²) in [7, 11) is 0. The van der Waals surface area contributed by atoms with Crippen LogP contribution in [0.2, 0.25) is 0 Å². The van der Waals surface area contributed by atoms with Crippen LogP contribution in [0.15, 0.2) is 10.2 Å². The summed E-state index contributed by atoms with van der Waals surface area (Å²) in [6.45, 7) is 1.45. The van der Waals surface area contributed by atoms with E-state index in [2.05, 4.69) is 16.1 Å². The maximum absolute atomic E-state index is 12.3. The average Bonchev–Trinajstić information content (AvgIpc) is 3.29. The molecule has 1 fully saturated rings. The molecule has 0 aliphatic carbocycles. The molecular formula is C16H23N3O3. The molecule has 1 saturated heterocycles. The van der Waals surface area contributed by atoms with Gasteiger partial charge in [-0.3, -0.25) is 9.59 Å². The summed E-state index contributed by atoms with van der Waals surface area (Å²) in [4.78, 5) is 24.8. The molecule has 0 saturated carbocycles. The Morgan fingerprint density at radius 1 is 1.32 bits per heavy atom. The summed E-state index contributed by atoms with van der Waals surface area (Å²) < 4.78 is 0. The van der Waals surface area contributed by atoms with Crippen molar-refractivity contribution in [3.63, 3.8) is 0 Å². The van der Waals surface area contributed by atoms with Crippen molar-refractivity contribution in [2.24, 2.45) is 16.1 Å². The first kappa shape index (κ1) is 16.5. The van der Waals surface area contributed by atoms with Crippen LogP contribution in [0.3, 0.4) is 0 Å². The van der Waals surface area contributed by atoms with Crippen LogP contribution in [0.5, 0.6) is 0 Å². The number of likely N-dealkylation sites (tertiary alicyclic amines) is 1. The van der Waals surface area contributed by atoms with Crippen LogP contribution in [0.4, 0.5) is 0 Å². The Balaban J connectivity index is 1.73. The average molecular weight is 305 g/mol. The van der Waals surface area contributed by atoms with Gasteiger partial charge in [-0.1, -0.05) is 0 Å². The molecule has 1 amide bonds. The van der Waals surface area contributed by atoms with E-state index in [0.717, 1.165) is 25.8 Å². The fraction of sp³-hybridized carbons (Fsp3) is 0.750. The van der Waals surface area contributed by atoms with Crippen molar-refractivity contribution in [1.29, 1.82) is 0 Å². The molecule has 1 unspecified atom stereocenters. The highest BCUT2D eigenvalue weighted by atomic mass is 16.4. The maximum atomic E-state index is 12.3. The van der Waals surface area contributed by atoms with Crippen molar-refractivity contribution in [2.75, 3.05) is 13.1 Å². The second-order valence-electron chi connectivity index (χ2n) is 6.17. The molecule has 1 atom stereocenters. The molecule has 0 aromatic heterocycles. The fourth-order valence-electron chi connectivity index (χ4n) is 2.99. The molecule has 2 aliphatic rings. The summed E-state index contributed by atoms with van der Waals surface area (Å²) in [5.74, 6) is 2.24. The van der Waals surface area contributed by atoms with E-state index < -0.39 is 11.6 Å². The minimum atomic E-state index is -0.768. The van der Waals surface area contributed by atoms with Crippen LogP contribution < -0.4 is 0 Å². The number of carbonyl (C=O) groups is 2. The van der Waals surface area contributed by atoms with Crippen LogP contribution in [0.1, 0.15) is 51.4 Å². The van der Waals surface area contributed by atoms with Crippen LogP contribution in [0.25, 0.3) is 0 Å². The Kier molecular flexibility index (Phi) is 5.53. The molecule has 1 N–H and O–H groups in total. The zero-order chi connectivity index (χ0) is 16.0. The first-order chi connectivity index (χ1) is 10.5. The molecule has 120 valence electrons. The number of carboxylic acids is 1. The molecular weight excluding hydrogens is 282 g/mol. The van der Waals surface area contributed by atoms with E-state index in [0.29, 0.717) is 38.1 Å². The number of hydrogen-bond acceptors (Lipinski definition) is 4. The fourth-order valence-corrected chi connectivity index (χ4v) is 2.99. The van der Waals surface area contributed by atoms with Gasteiger partial charge < -0.3 is 10.0 Å². The van der Waals surface area contributed by atoms with E-state index in [1.54, 1.807) is 0 Å². The summed E-state index contributed by atoms with van der Waals surface area (Å²) >= 11 is 0. The van der Waals surface area contributed by atoms with Gasteiger partial charge in [-0.05, 0) is 25.2 Å². The van der Waals surface area contributed by atoms with E-state index in [4.69, 9.17) is 11.5 Å². The van der Waals surface area contributed by atoms with Gasteiger partial charge in [0.25, 0.3) is 0 Å². The number of piperidine rings is 1. The first-order valence-corrected chi connectivity index (χ1v) is 7.92. The van der Waals surface area contributed by atoms with Gasteiger partial charge in [0.2, 0.25) is 5.91 Å². The lowest BCUT2D eigenvalue weighted by Gasteiger charge is -2.33. The van der Waals surface area contributed by atoms with E-state index in [9.17, 15) is 9.59 Å².